The smallest absolute Gasteiger partial charge is 0.232 e. The minimum absolute atomic E-state index is 0.118. The van der Waals surface area contributed by atoms with E-state index in [0.29, 0.717) is 22.8 Å². The van der Waals surface area contributed by atoms with Crippen molar-refractivity contribution in [2.45, 2.75) is 13.8 Å². The van der Waals surface area contributed by atoms with E-state index in [-0.39, 0.29) is 5.91 Å². The normalized spacial score (nSPS) is 11.8. The van der Waals surface area contributed by atoms with Crippen LogP contribution in [0.25, 0.3) is 10.9 Å². The van der Waals surface area contributed by atoms with Crippen LogP contribution in [0.15, 0.2) is 18.3 Å². The minimum atomic E-state index is -0.610. The lowest BCUT2D eigenvalue weighted by molar-refractivity contribution is -0.126. The third kappa shape index (κ3) is 2.72. The summed E-state index contributed by atoms with van der Waals surface area (Å²) in [4.78, 5) is 12.2. The number of nitrogens with zero attached hydrogens (tertiary/aromatic N) is 1. The summed E-state index contributed by atoms with van der Waals surface area (Å²) in [5, 5.41) is 11.0. The van der Waals surface area contributed by atoms with Gasteiger partial charge in [0.15, 0.2) is 0 Å². The molecule has 0 spiro atoms. The Morgan fingerprint density at radius 2 is 2.26 bits per heavy atom. The van der Waals surface area contributed by atoms with Crippen molar-refractivity contribution in [3.05, 3.63) is 23.4 Å². The third-order valence-corrected chi connectivity index (χ3v) is 3.26. The second-order valence-electron chi connectivity index (χ2n) is 5.02. The van der Waals surface area contributed by atoms with E-state index >= 15 is 0 Å². The van der Waals surface area contributed by atoms with Gasteiger partial charge < -0.3 is 10.1 Å². The summed E-state index contributed by atoms with van der Waals surface area (Å²) < 4.78 is 5.05. The number of benzene rings is 1. The van der Waals surface area contributed by atoms with E-state index in [1.807, 2.05) is 13.8 Å². The van der Waals surface area contributed by atoms with Crippen LogP contribution in [0.4, 0.5) is 5.69 Å². The summed E-state index contributed by atoms with van der Waals surface area (Å²) in [6.45, 7) is 4.00. The molecular formula is C13H16ClN3O2. The molecule has 1 aromatic carbocycles. The molecule has 0 saturated heterocycles. The van der Waals surface area contributed by atoms with Gasteiger partial charge in [-0.3, -0.25) is 9.89 Å². The van der Waals surface area contributed by atoms with Crippen molar-refractivity contribution in [2.75, 3.05) is 19.0 Å². The van der Waals surface area contributed by atoms with E-state index in [4.69, 9.17) is 16.3 Å². The third-order valence-electron chi connectivity index (χ3n) is 2.93. The number of methoxy groups -OCH3 is 1. The Labute approximate surface area is 116 Å². The van der Waals surface area contributed by atoms with Gasteiger partial charge in [-0.25, -0.2) is 0 Å². The molecule has 2 rings (SSSR count). The first kappa shape index (κ1) is 13.8. The number of hydrogen-bond acceptors (Lipinski definition) is 3. The molecule has 0 aliphatic heterocycles. The molecule has 0 saturated carbocycles. The molecular weight excluding hydrogens is 266 g/mol. The average Bonchev–Trinajstić information content (AvgIpc) is 2.82. The molecule has 102 valence electrons. The SMILES string of the molecule is COCC(C)(C)C(=O)Nc1ccc(Cl)c2cn[nH]c12. The Morgan fingerprint density at radius 1 is 1.53 bits per heavy atom. The molecule has 19 heavy (non-hydrogen) atoms. The topological polar surface area (TPSA) is 67.0 Å². The fourth-order valence-electron chi connectivity index (χ4n) is 1.82. The van der Waals surface area contributed by atoms with Gasteiger partial charge in [-0.2, -0.15) is 5.10 Å². The van der Waals surface area contributed by atoms with Crippen LogP contribution >= 0.6 is 11.6 Å². The van der Waals surface area contributed by atoms with Gasteiger partial charge in [0.1, 0.15) is 0 Å². The molecule has 2 aromatic rings. The van der Waals surface area contributed by atoms with Crippen LogP contribution in [-0.4, -0.2) is 29.8 Å². The summed E-state index contributed by atoms with van der Waals surface area (Å²) in [5.74, 6) is -0.118. The fourth-order valence-corrected chi connectivity index (χ4v) is 2.03. The fraction of sp³-hybridized carbons (Fsp3) is 0.385. The number of carbonyl (C=O) groups excluding carboxylic acids is 1. The zero-order valence-electron chi connectivity index (χ0n) is 11.1. The number of aromatic amines is 1. The summed E-state index contributed by atoms with van der Waals surface area (Å²) in [5.41, 5.74) is 0.765. The second-order valence-corrected chi connectivity index (χ2v) is 5.43. The predicted molar refractivity (Wildman–Crippen MR) is 75.4 cm³/mol. The minimum Gasteiger partial charge on any atom is -0.384 e. The van der Waals surface area contributed by atoms with Gasteiger partial charge in [0, 0.05) is 12.5 Å². The Hall–Kier alpha value is -1.59. The molecule has 1 heterocycles. The number of aromatic nitrogens is 2. The van der Waals surface area contributed by atoms with Crippen molar-refractivity contribution in [1.82, 2.24) is 10.2 Å². The van der Waals surface area contributed by atoms with Gasteiger partial charge in [-0.15, -0.1) is 0 Å². The number of H-pyrrole nitrogens is 1. The molecule has 1 amide bonds. The number of halogens is 1. The first-order valence-electron chi connectivity index (χ1n) is 5.87. The number of nitrogens with one attached hydrogen (secondary N) is 2. The van der Waals surface area contributed by atoms with Crippen molar-refractivity contribution in [1.29, 1.82) is 0 Å². The Balaban J connectivity index is 2.29. The van der Waals surface area contributed by atoms with Crippen molar-refractivity contribution >= 4 is 34.1 Å². The van der Waals surface area contributed by atoms with E-state index < -0.39 is 5.41 Å². The molecule has 0 radical (unpaired) electrons. The van der Waals surface area contributed by atoms with E-state index in [1.165, 1.54) is 0 Å². The monoisotopic (exact) mass is 281 g/mol. The molecule has 0 unspecified atom stereocenters. The molecule has 0 bridgehead atoms. The molecule has 0 aliphatic carbocycles. The zero-order chi connectivity index (χ0) is 14.0. The van der Waals surface area contributed by atoms with Gasteiger partial charge >= 0.3 is 0 Å². The second kappa shape index (κ2) is 5.19. The number of fused-ring (bicyclic) bond motifs is 1. The highest BCUT2D eigenvalue weighted by molar-refractivity contribution is 6.35. The van der Waals surface area contributed by atoms with E-state index in [9.17, 15) is 4.79 Å². The first-order valence-corrected chi connectivity index (χ1v) is 6.25. The summed E-state index contributed by atoms with van der Waals surface area (Å²) >= 11 is 6.05. The van der Waals surface area contributed by atoms with Crippen LogP contribution in [0.1, 0.15) is 13.8 Å². The van der Waals surface area contributed by atoms with Crippen LogP contribution < -0.4 is 5.32 Å². The number of rotatable bonds is 4. The molecule has 0 fully saturated rings. The summed E-state index contributed by atoms with van der Waals surface area (Å²) in [6, 6.07) is 3.49. The van der Waals surface area contributed by atoms with Crippen LogP contribution in [0.2, 0.25) is 5.02 Å². The Morgan fingerprint density at radius 3 is 2.95 bits per heavy atom. The van der Waals surface area contributed by atoms with Crippen LogP contribution in [0.5, 0.6) is 0 Å². The average molecular weight is 282 g/mol. The lowest BCUT2D eigenvalue weighted by atomic mass is 9.93. The molecule has 0 atom stereocenters. The number of anilines is 1. The van der Waals surface area contributed by atoms with Crippen LogP contribution in [0.3, 0.4) is 0 Å². The number of carbonyl (C=O) groups is 1. The lowest BCUT2D eigenvalue weighted by Gasteiger charge is -2.22. The highest BCUT2D eigenvalue weighted by atomic mass is 35.5. The maximum atomic E-state index is 12.2. The van der Waals surface area contributed by atoms with Gasteiger partial charge in [-0.1, -0.05) is 11.6 Å². The summed E-state index contributed by atoms with van der Waals surface area (Å²) in [7, 11) is 1.57. The standard InChI is InChI=1S/C13H16ClN3O2/c1-13(2,7-19-3)12(18)16-10-5-4-9(14)8-6-15-17-11(8)10/h4-6H,7H2,1-3H3,(H,15,17)(H,16,18). The van der Waals surface area contributed by atoms with E-state index in [2.05, 4.69) is 15.5 Å². The van der Waals surface area contributed by atoms with E-state index in [0.717, 1.165) is 5.39 Å². The summed E-state index contributed by atoms with van der Waals surface area (Å²) in [6.07, 6.45) is 1.63. The highest BCUT2D eigenvalue weighted by Gasteiger charge is 2.28. The maximum Gasteiger partial charge on any atom is 0.232 e. The number of hydrogen-bond donors (Lipinski definition) is 2. The molecule has 6 heteroatoms. The van der Waals surface area contributed by atoms with Gasteiger partial charge in [0.05, 0.1) is 34.4 Å². The molecule has 0 aliphatic rings. The molecule has 5 nitrogen and oxygen atoms in total. The molecule has 1 aromatic heterocycles. The largest absolute Gasteiger partial charge is 0.384 e. The van der Waals surface area contributed by atoms with Crippen LogP contribution in [-0.2, 0) is 9.53 Å². The van der Waals surface area contributed by atoms with Crippen molar-refractivity contribution < 1.29 is 9.53 Å². The highest BCUT2D eigenvalue weighted by Crippen LogP contribution is 2.29. The predicted octanol–water partition coefficient (Wildman–Crippen LogP) is 2.83. The Bertz CT molecular complexity index is 607. The van der Waals surface area contributed by atoms with Crippen molar-refractivity contribution in [3.8, 4) is 0 Å². The zero-order valence-corrected chi connectivity index (χ0v) is 11.8. The number of amides is 1. The van der Waals surface area contributed by atoms with E-state index in [1.54, 1.807) is 25.4 Å². The number of ether oxygens (including phenoxy) is 1. The lowest BCUT2D eigenvalue weighted by Crippen LogP contribution is -2.34. The maximum absolute atomic E-state index is 12.2. The Kier molecular flexibility index (Phi) is 3.78. The first-order chi connectivity index (χ1) is 8.95. The molecule has 2 N–H and O–H groups in total. The van der Waals surface area contributed by atoms with Crippen LogP contribution in [0, 0.1) is 5.41 Å². The van der Waals surface area contributed by atoms with Gasteiger partial charge in [-0.05, 0) is 26.0 Å². The quantitative estimate of drug-likeness (QED) is 0.905. The van der Waals surface area contributed by atoms with Crippen molar-refractivity contribution in [2.24, 2.45) is 5.41 Å². The van der Waals surface area contributed by atoms with Gasteiger partial charge in [0.25, 0.3) is 0 Å². The van der Waals surface area contributed by atoms with Gasteiger partial charge in [0.2, 0.25) is 5.91 Å². The van der Waals surface area contributed by atoms with Crippen molar-refractivity contribution in [3.63, 3.8) is 0 Å².